The average Bonchev–Trinajstić information content (AvgIpc) is 2.38. The third-order valence-corrected chi connectivity index (χ3v) is 4.37. The Labute approximate surface area is 119 Å². The summed E-state index contributed by atoms with van der Waals surface area (Å²) in [5.41, 5.74) is 0.525. The highest BCUT2D eigenvalue weighted by Gasteiger charge is 2.21. The average molecular weight is 297 g/mol. The summed E-state index contributed by atoms with van der Waals surface area (Å²) in [7, 11) is -3.22. The Balaban J connectivity index is 2.02. The van der Waals surface area contributed by atoms with Gasteiger partial charge in [0.1, 0.15) is 0 Å². The Bertz CT molecular complexity index is 580. The van der Waals surface area contributed by atoms with Crippen molar-refractivity contribution in [2.24, 2.45) is 0 Å². The Morgan fingerprint density at radius 2 is 1.95 bits per heavy atom. The van der Waals surface area contributed by atoms with Crippen LogP contribution in [0, 0.1) is 0 Å². The lowest BCUT2D eigenvalue weighted by Gasteiger charge is -2.28. The number of ketones is 1. The van der Waals surface area contributed by atoms with Crippen LogP contribution in [0.3, 0.4) is 0 Å². The van der Waals surface area contributed by atoms with Crippen molar-refractivity contribution >= 4 is 15.6 Å². The first-order valence-corrected chi connectivity index (χ1v) is 8.42. The number of morpholine rings is 1. The van der Waals surface area contributed by atoms with E-state index in [9.17, 15) is 13.2 Å². The molecule has 0 aliphatic carbocycles. The zero-order chi connectivity index (χ0) is 14.8. The van der Waals surface area contributed by atoms with Crippen LogP contribution in [0.4, 0.5) is 0 Å². The fourth-order valence-electron chi connectivity index (χ4n) is 2.23. The van der Waals surface area contributed by atoms with E-state index in [1.165, 1.54) is 12.1 Å². The molecular formula is C14H19NO4S. The third-order valence-electron chi connectivity index (χ3n) is 3.24. The van der Waals surface area contributed by atoms with Crippen molar-refractivity contribution in [1.82, 2.24) is 5.32 Å². The summed E-state index contributed by atoms with van der Waals surface area (Å²) in [5, 5.41) is 3.31. The number of hydrogen-bond donors (Lipinski definition) is 1. The van der Waals surface area contributed by atoms with Gasteiger partial charge in [-0.2, -0.15) is 0 Å². The quantitative estimate of drug-likeness (QED) is 0.841. The van der Waals surface area contributed by atoms with Crippen LogP contribution in [0.25, 0.3) is 0 Å². The van der Waals surface area contributed by atoms with Crippen molar-refractivity contribution in [2.45, 2.75) is 30.3 Å². The number of sulfone groups is 1. The SMILES string of the molecule is CC1COCC(CC(=O)c2ccc(S(C)(=O)=O)cc2)N1. The lowest BCUT2D eigenvalue weighted by atomic mass is 10.0. The molecule has 6 heteroatoms. The topological polar surface area (TPSA) is 72.5 Å². The summed E-state index contributed by atoms with van der Waals surface area (Å²) in [5.74, 6) is -0.0137. The molecule has 2 rings (SSSR count). The van der Waals surface area contributed by atoms with Crippen LogP contribution in [0.1, 0.15) is 23.7 Å². The van der Waals surface area contributed by atoms with Gasteiger partial charge in [0, 0.05) is 30.3 Å². The molecule has 1 aromatic rings. The molecule has 0 spiro atoms. The van der Waals surface area contributed by atoms with Crippen LogP contribution in [0.5, 0.6) is 0 Å². The minimum absolute atomic E-state index is 0.0137. The highest BCUT2D eigenvalue weighted by Crippen LogP contribution is 2.13. The van der Waals surface area contributed by atoms with Crippen LogP contribution in [-0.4, -0.2) is 45.8 Å². The molecular weight excluding hydrogens is 278 g/mol. The van der Waals surface area contributed by atoms with Gasteiger partial charge in [-0.15, -0.1) is 0 Å². The number of benzene rings is 1. The van der Waals surface area contributed by atoms with Crippen molar-refractivity contribution in [2.75, 3.05) is 19.5 Å². The summed E-state index contributed by atoms with van der Waals surface area (Å²) in [6.45, 7) is 3.20. The highest BCUT2D eigenvalue weighted by molar-refractivity contribution is 7.90. The summed E-state index contributed by atoms with van der Waals surface area (Å²) >= 11 is 0. The molecule has 0 saturated carbocycles. The molecule has 1 aliphatic rings. The smallest absolute Gasteiger partial charge is 0.175 e. The molecule has 1 heterocycles. The van der Waals surface area contributed by atoms with Crippen molar-refractivity contribution in [1.29, 1.82) is 0 Å². The second kappa shape index (κ2) is 6.03. The maximum atomic E-state index is 12.1. The molecule has 110 valence electrons. The lowest BCUT2D eigenvalue weighted by Crippen LogP contribution is -2.48. The molecule has 0 amide bonds. The van der Waals surface area contributed by atoms with E-state index in [2.05, 4.69) is 5.32 Å². The second-order valence-electron chi connectivity index (χ2n) is 5.23. The Kier molecular flexibility index (Phi) is 4.57. The van der Waals surface area contributed by atoms with Crippen molar-refractivity contribution < 1.29 is 17.9 Å². The lowest BCUT2D eigenvalue weighted by molar-refractivity contribution is 0.0463. The first kappa shape index (κ1) is 15.2. The van der Waals surface area contributed by atoms with E-state index < -0.39 is 9.84 Å². The van der Waals surface area contributed by atoms with Crippen LogP contribution >= 0.6 is 0 Å². The predicted octanol–water partition coefficient (Wildman–Crippen LogP) is 1.04. The molecule has 1 fully saturated rings. The van der Waals surface area contributed by atoms with Crippen molar-refractivity contribution in [3.63, 3.8) is 0 Å². The maximum Gasteiger partial charge on any atom is 0.175 e. The number of hydrogen-bond acceptors (Lipinski definition) is 5. The molecule has 1 N–H and O–H groups in total. The van der Waals surface area contributed by atoms with E-state index in [0.717, 1.165) is 6.26 Å². The summed E-state index contributed by atoms with van der Waals surface area (Å²) in [6, 6.07) is 6.32. The van der Waals surface area contributed by atoms with E-state index in [4.69, 9.17) is 4.74 Å². The molecule has 20 heavy (non-hydrogen) atoms. The zero-order valence-electron chi connectivity index (χ0n) is 11.6. The number of carbonyl (C=O) groups is 1. The zero-order valence-corrected chi connectivity index (χ0v) is 12.4. The molecule has 2 atom stereocenters. The van der Waals surface area contributed by atoms with Gasteiger partial charge in [0.2, 0.25) is 0 Å². The van der Waals surface area contributed by atoms with Gasteiger partial charge in [-0.25, -0.2) is 8.42 Å². The second-order valence-corrected chi connectivity index (χ2v) is 7.24. The standard InChI is InChI=1S/C14H19NO4S/c1-10-8-19-9-12(15-10)7-14(16)11-3-5-13(6-4-11)20(2,17)18/h3-6,10,12,15H,7-9H2,1-2H3. The predicted molar refractivity (Wildman–Crippen MR) is 75.7 cm³/mol. The van der Waals surface area contributed by atoms with Crippen LogP contribution in [-0.2, 0) is 14.6 Å². The third kappa shape index (κ3) is 3.88. The minimum Gasteiger partial charge on any atom is -0.378 e. The summed E-state index contributed by atoms with van der Waals surface area (Å²) in [6.07, 6.45) is 1.50. The van der Waals surface area contributed by atoms with E-state index in [-0.39, 0.29) is 22.8 Å². The van der Waals surface area contributed by atoms with Crippen molar-refractivity contribution in [3.05, 3.63) is 29.8 Å². The van der Waals surface area contributed by atoms with Gasteiger partial charge < -0.3 is 10.1 Å². The number of Topliss-reactive ketones (excluding diaryl/α,β-unsaturated/α-hetero) is 1. The van der Waals surface area contributed by atoms with E-state index >= 15 is 0 Å². The van der Waals surface area contributed by atoms with Crippen LogP contribution < -0.4 is 5.32 Å². The Morgan fingerprint density at radius 1 is 1.30 bits per heavy atom. The van der Waals surface area contributed by atoms with E-state index in [1.807, 2.05) is 6.92 Å². The van der Waals surface area contributed by atoms with Gasteiger partial charge in [0.05, 0.1) is 18.1 Å². The first-order valence-electron chi connectivity index (χ1n) is 6.53. The van der Waals surface area contributed by atoms with Crippen LogP contribution in [0.15, 0.2) is 29.2 Å². The molecule has 1 saturated heterocycles. The molecule has 0 bridgehead atoms. The number of rotatable bonds is 4. The fourth-order valence-corrected chi connectivity index (χ4v) is 2.86. The first-order chi connectivity index (χ1) is 9.36. The highest BCUT2D eigenvalue weighted by atomic mass is 32.2. The summed E-state index contributed by atoms with van der Waals surface area (Å²) < 4.78 is 28.1. The fraction of sp³-hybridized carbons (Fsp3) is 0.500. The monoisotopic (exact) mass is 297 g/mol. The maximum absolute atomic E-state index is 12.1. The molecule has 1 aliphatic heterocycles. The van der Waals surface area contributed by atoms with Gasteiger partial charge in [-0.05, 0) is 19.1 Å². The molecule has 5 nitrogen and oxygen atoms in total. The van der Waals surface area contributed by atoms with Gasteiger partial charge in [0.25, 0.3) is 0 Å². The normalized spacial score (nSPS) is 23.5. The molecule has 0 radical (unpaired) electrons. The van der Waals surface area contributed by atoms with E-state index in [1.54, 1.807) is 12.1 Å². The number of nitrogens with one attached hydrogen (secondary N) is 1. The van der Waals surface area contributed by atoms with Gasteiger partial charge in [-0.3, -0.25) is 4.79 Å². The Morgan fingerprint density at radius 3 is 2.50 bits per heavy atom. The van der Waals surface area contributed by atoms with Crippen molar-refractivity contribution in [3.8, 4) is 0 Å². The van der Waals surface area contributed by atoms with Crippen LogP contribution in [0.2, 0.25) is 0 Å². The Hall–Kier alpha value is -1.24. The van der Waals surface area contributed by atoms with Gasteiger partial charge in [-0.1, -0.05) is 12.1 Å². The number of ether oxygens (including phenoxy) is 1. The molecule has 1 aromatic carbocycles. The minimum atomic E-state index is -3.22. The summed E-state index contributed by atoms with van der Waals surface area (Å²) in [4.78, 5) is 12.4. The van der Waals surface area contributed by atoms with Gasteiger partial charge >= 0.3 is 0 Å². The molecule has 2 unspecified atom stereocenters. The number of carbonyl (C=O) groups excluding carboxylic acids is 1. The van der Waals surface area contributed by atoms with Gasteiger partial charge in [0.15, 0.2) is 15.6 Å². The largest absolute Gasteiger partial charge is 0.378 e. The molecule has 0 aromatic heterocycles. The van der Waals surface area contributed by atoms with E-state index in [0.29, 0.717) is 25.2 Å².